The number of ether oxygens (including phenoxy) is 3. The molecule has 0 bridgehead atoms. The van der Waals surface area contributed by atoms with Gasteiger partial charge in [-0.25, -0.2) is 14.8 Å². The zero-order valence-corrected chi connectivity index (χ0v) is 31.0. The number of fused-ring (bicyclic) bond motifs is 4. The van der Waals surface area contributed by atoms with Crippen LogP contribution in [0.5, 0.6) is 17.4 Å². The first kappa shape index (κ1) is 34.2. The Bertz CT molecular complexity index is 2610. The summed E-state index contributed by atoms with van der Waals surface area (Å²) in [5, 5.41) is 1.62. The summed E-state index contributed by atoms with van der Waals surface area (Å²) in [6.45, 7) is 0.884. The lowest BCUT2D eigenvalue weighted by atomic mass is 9.86. The lowest BCUT2D eigenvalue weighted by molar-refractivity contribution is 0.0601. The number of nitrogens with zero attached hydrogens (tertiary/aromatic N) is 3. The van der Waals surface area contributed by atoms with Gasteiger partial charge >= 0.3 is 5.97 Å². The summed E-state index contributed by atoms with van der Waals surface area (Å²) in [6.07, 6.45) is 6.70. The zero-order chi connectivity index (χ0) is 36.8. The van der Waals surface area contributed by atoms with Gasteiger partial charge in [0.1, 0.15) is 29.5 Å². The molecule has 1 atom stereocenters. The van der Waals surface area contributed by atoms with Crippen molar-refractivity contribution >= 4 is 56.7 Å². The Morgan fingerprint density at radius 2 is 1.81 bits per heavy atom. The van der Waals surface area contributed by atoms with Crippen LogP contribution in [0.25, 0.3) is 27.6 Å². The van der Waals surface area contributed by atoms with Crippen LogP contribution in [0, 0.1) is 5.92 Å². The van der Waals surface area contributed by atoms with Crippen molar-refractivity contribution in [1.82, 2.24) is 14.5 Å². The van der Waals surface area contributed by atoms with E-state index in [2.05, 4.69) is 34.9 Å². The van der Waals surface area contributed by atoms with Crippen molar-refractivity contribution in [3.8, 4) is 17.4 Å². The fraction of sp³-hybridized carbons (Fsp3) is 0.205. The molecule has 0 spiro atoms. The Kier molecular flexibility index (Phi) is 9.09. The molecule has 0 saturated heterocycles. The van der Waals surface area contributed by atoms with Crippen LogP contribution in [0.15, 0.2) is 108 Å². The molecular weight excluding hydrogens is 721 g/mol. The summed E-state index contributed by atoms with van der Waals surface area (Å²) in [4.78, 5) is 22.5. The number of carbonyl (C=O) groups excluding carboxylic acids is 1. The minimum atomic E-state index is -0.367. The molecule has 7 aromatic rings. The fourth-order valence-corrected chi connectivity index (χ4v) is 7.98. The number of hydrogen-bond donors (Lipinski definition) is 0. The highest BCUT2D eigenvalue weighted by molar-refractivity contribution is 6.36. The number of aromatic nitrogens is 3. The summed E-state index contributed by atoms with van der Waals surface area (Å²) in [7, 11) is 1.41. The second-order valence-electron chi connectivity index (χ2n) is 13.9. The van der Waals surface area contributed by atoms with Crippen molar-refractivity contribution in [3.05, 3.63) is 153 Å². The Balaban J connectivity index is 0.934. The lowest BCUT2D eigenvalue weighted by Crippen LogP contribution is -2.14. The average molecular weight is 757 g/mol. The smallest absolute Gasteiger partial charge is 0.337 e. The van der Waals surface area contributed by atoms with Crippen LogP contribution in [0.2, 0.25) is 10.2 Å². The lowest BCUT2D eigenvalue weighted by Gasteiger charge is -2.23. The van der Waals surface area contributed by atoms with Crippen LogP contribution < -0.4 is 9.47 Å². The molecule has 0 amide bonds. The summed E-state index contributed by atoms with van der Waals surface area (Å²) >= 11 is 12.4. The normalized spacial score (nSPS) is 15.0. The zero-order valence-electron chi connectivity index (χ0n) is 29.5. The second-order valence-corrected chi connectivity index (χ2v) is 14.6. The van der Waals surface area contributed by atoms with E-state index in [-0.39, 0.29) is 17.8 Å². The molecule has 3 aromatic heterocycles. The Morgan fingerprint density at radius 1 is 0.926 bits per heavy atom. The third kappa shape index (κ3) is 6.72. The van der Waals surface area contributed by atoms with Crippen molar-refractivity contribution in [3.63, 3.8) is 0 Å². The van der Waals surface area contributed by atoms with Crippen molar-refractivity contribution in [2.75, 3.05) is 7.11 Å². The first-order valence-corrected chi connectivity index (χ1v) is 18.7. The van der Waals surface area contributed by atoms with Gasteiger partial charge in [0.2, 0.25) is 5.88 Å². The summed E-state index contributed by atoms with van der Waals surface area (Å²) in [5.41, 5.74) is 9.33. The molecule has 9 rings (SSSR count). The summed E-state index contributed by atoms with van der Waals surface area (Å²) in [6, 6.07) is 31.5. The highest BCUT2D eigenvalue weighted by atomic mass is 35.5. The maximum Gasteiger partial charge on any atom is 0.337 e. The van der Waals surface area contributed by atoms with E-state index in [0.29, 0.717) is 34.5 Å². The molecule has 8 nitrogen and oxygen atoms in total. The highest BCUT2D eigenvalue weighted by Crippen LogP contribution is 2.38. The van der Waals surface area contributed by atoms with Crippen LogP contribution in [0.1, 0.15) is 63.4 Å². The Labute approximate surface area is 321 Å². The third-order valence-corrected chi connectivity index (χ3v) is 10.9. The van der Waals surface area contributed by atoms with Crippen molar-refractivity contribution in [2.45, 2.75) is 45.3 Å². The average Bonchev–Trinajstić information content (AvgIpc) is 3.76. The van der Waals surface area contributed by atoms with Crippen molar-refractivity contribution < 1.29 is 23.4 Å². The number of esters is 1. The minimum absolute atomic E-state index is 0.268. The molecule has 0 radical (unpaired) electrons. The first-order chi connectivity index (χ1) is 26.4. The number of pyridine rings is 1. The number of allylic oxidation sites excluding steroid dienone is 2. The molecule has 1 unspecified atom stereocenters. The van der Waals surface area contributed by atoms with Gasteiger partial charge in [0, 0.05) is 42.5 Å². The standard InChI is InChI=1S/C44H35Cl2N3O5/c1-51-44(50)30-15-17-36-37(22-30)49(24-27-11-18-39-32(19-27)21-29-5-2-3-7-38(29)53-39)41(47-36)20-26-9-12-28(13-10-26)35-6-4-8-42(48-35)52-25-31-14-16-34(45)33-23-40(46)54-43(31)33/h2-8,11-12,14-19,22-23,26H,9-10,13,20-21,24-25H2,1H3. The largest absolute Gasteiger partial charge is 0.473 e. The minimum Gasteiger partial charge on any atom is -0.473 e. The van der Waals surface area contributed by atoms with Gasteiger partial charge in [-0.05, 0) is 108 Å². The second kappa shape index (κ2) is 14.3. The van der Waals surface area contributed by atoms with E-state index in [4.69, 9.17) is 51.8 Å². The van der Waals surface area contributed by atoms with E-state index in [0.717, 1.165) is 88.2 Å². The molecule has 1 aliphatic heterocycles. The van der Waals surface area contributed by atoms with Crippen LogP contribution in [-0.4, -0.2) is 27.6 Å². The summed E-state index contributed by atoms with van der Waals surface area (Å²) in [5.74, 6) is 3.36. The van der Waals surface area contributed by atoms with E-state index < -0.39 is 0 Å². The molecule has 4 heterocycles. The molecule has 4 aromatic carbocycles. The number of furan rings is 1. The van der Waals surface area contributed by atoms with Crippen molar-refractivity contribution in [1.29, 1.82) is 0 Å². The molecule has 0 N–H and O–H groups in total. The highest BCUT2D eigenvalue weighted by Gasteiger charge is 2.23. The number of methoxy groups -OCH3 is 1. The molecule has 2 aliphatic rings. The van der Waals surface area contributed by atoms with Gasteiger partial charge in [-0.15, -0.1) is 0 Å². The maximum atomic E-state index is 12.5. The third-order valence-electron chi connectivity index (χ3n) is 10.4. The van der Waals surface area contributed by atoms with Gasteiger partial charge in [0.25, 0.3) is 0 Å². The number of benzene rings is 4. The number of rotatable bonds is 9. The molecule has 0 saturated carbocycles. The van der Waals surface area contributed by atoms with E-state index in [1.807, 2.05) is 60.7 Å². The van der Waals surface area contributed by atoms with Gasteiger partial charge in [-0.2, -0.15) is 0 Å². The number of halogens is 2. The SMILES string of the molecule is COC(=O)c1ccc2nc(CC3CC=C(c4cccc(OCc5ccc(Cl)c6cc(Cl)oc56)n4)CC3)n(Cc3ccc4c(c3)Cc3ccccc3O4)c2c1. The Hall–Kier alpha value is -5.57. The van der Waals surface area contributed by atoms with Gasteiger partial charge < -0.3 is 23.2 Å². The molecule has 0 fully saturated rings. The van der Waals surface area contributed by atoms with E-state index in [9.17, 15) is 4.79 Å². The maximum absolute atomic E-state index is 12.5. The Morgan fingerprint density at radius 3 is 2.69 bits per heavy atom. The predicted molar refractivity (Wildman–Crippen MR) is 210 cm³/mol. The van der Waals surface area contributed by atoms with Crippen LogP contribution in [0.4, 0.5) is 0 Å². The first-order valence-electron chi connectivity index (χ1n) is 18.0. The van der Waals surface area contributed by atoms with Gasteiger partial charge in [0.05, 0.1) is 34.4 Å². The molecule has 54 heavy (non-hydrogen) atoms. The number of carbonyl (C=O) groups is 1. The summed E-state index contributed by atoms with van der Waals surface area (Å²) < 4.78 is 25.3. The van der Waals surface area contributed by atoms with E-state index >= 15 is 0 Å². The van der Waals surface area contributed by atoms with E-state index in [1.54, 1.807) is 12.1 Å². The van der Waals surface area contributed by atoms with E-state index in [1.165, 1.54) is 18.2 Å². The molecular formula is C44H35Cl2N3O5. The van der Waals surface area contributed by atoms with Crippen LogP contribution in [-0.2, 0) is 30.7 Å². The number of hydrogen-bond acceptors (Lipinski definition) is 7. The van der Waals surface area contributed by atoms with Gasteiger partial charge in [0.15, 0.2) is 5.22 Å². The topological polar surface area (TPSA) is 88.6 Å². The van der Waals surface area contributed by atoms with Gasteiger partial charge in [-0.1, -0.05) is 54.1 Å². The fourth-order valence-electron chi connectivity index (χ4n) is 7.59. The molecule has 270 valence electrons. The van der Waals surface area contributed by atoms with Crippen LogP contribution in [0.3, 0.4) is 0 Å². The number of imidazole rings is 1. The molecule has 10 heteroatoms. The predicted octanol–water partition coefficient (Wildman–Crippen LogP) is 11.0. The number of para-hydroxylation sites is 1. The monoisotopic (exact) mass is 755 g/mol. The van der Waals surface area contributed by atoms with Crippen molar-refractivity contribution in [2.24, 2.45) is 5.92 Å². The molecule has 1 aliphatic carbocycles. The van der Waals surface area contributed by atoms with Crippen LogP contribution >= 0.6 is 23.2 Å². The quantitative estimate of drug-likeness (QED) is 0.135. The van der Waals surface area contributed by atoms with Gasteiger partial charge in [-0.3, -0.25) is 0 Å².